The van der Waals surface area contributed by atoms with Gasteiger partial charge in [-0.3, -0.25) is 9.48 Å². The minimum absolute atomic E-state index is 0.221. The number of nitrogens with one attached hydrogen (secondary N) is 1. The van der Waals surface area contributed by atoms with Gasteiger partial charge in [0.15, 0.2) is 5.69 Å². The summed E-state index contributed by atoms with van der Waals surface area (Å²) in [5, 5.41) is 11.4. The quantitative estimate of drug-likeness (QED) is 0.649. The van der Waals surface area contributed by atoms with Gasteiger partial charge in [-0.05, 0) is 39.4 Å². The topological polar surface area (TPSA) is 76.2 Å². The smallest absolute Gasteiger partial charge is 0.273 e. The van der Waals surface area contributed by atoms with Crippen molar-refractivity contribution in [2.45, 2.75) is 33.9 Å². The predicted octanol–water partition coefficient (Wildman–Crippen LogP) is 2.71. The van der Waals surface area contributed by atoms with Crippen LogP contribution >= 0.6 is 0 Å². The Morgan fingerprint density at radius 1 is 1.21 bits per heavy atom. The Morgan fingerprint density at radius 2 is 1.96 bits per heavy atom. The van der Waals surface area contributed by atoms with E-state index in [0.29, 0.717) is 24.5 Å². The van der Waals surface area contributed by atoms with Gasteiger partial charge in [-0.1, -0.05) is 35.5 Å². The van der Waals surface area contributed by atoms with Crippen molar-refractivity contribution in [2.75, 3.05) is 20.1 Å². The van der Waals surface area contributed by atoms with Crippen LogP contribution in [0.5, 0.6) is 0 Å². The van der Waals surface area contributed by atoms with E-state index in [1.807, 2.05) is 56.8 Å². The van der Waals surface area contributed by atoms with Crippen molar-refractivity contribution in [3.05, 3.63) is 70.4 Å². The number of rotatable bonds is 8. The lowest BCUT2D eigenvalue weighted by Crippen LogP contribution is -2.33. The second kappa shape index (κ2) is 8.84. The molecule has 0 atom stereocenters. The van der Waals surface area contributed by atoms with E-state index in [2.05, 4.69) is 32.6 Å². The zero-order valence-electron chi connectivity index (χ0n) is 16.9. The number of hydrogen-bond acceptors (Lipinski definition) is 5. The van der Waals surface area contributed by atoms with Crippen LogP contribution in [-0.4, -0.2) is 45.9 Å². The van der Waals surface area contributed by atoms with Crippen LogP contribution in [0.15, 0.2) is 40.9 Å². The average molecular weight is 381 g/mol. The first-order chi connectivity index (χ1) is 13.4. The molecule has 1 N–H and O–H groups in total. The van der Waals surface area contributed by atoms with Crippen LogP contribution in [0.2, 0.25) is 0 Å². The Bertz CT molecular complexity index is 930. The molecule has 0 aliphatic rings. The number of nitrogens with zero attached hydrogens (tertiary/aromatic N) is 4. The molecule has 0 fully saturated rings. The number of amides is 1. The third kappa shape index (κ3) is 4.86. The fraction of sp³-hybridized carbons (Fsp3) is 0.381. The van der Waals surface area contributed by atoms with Crippen molar-refractivity contribution < 1.29 is 9.32 Å². The van der Waals surface area contributed by atoms with Gasteiger partial charge in [0.2, 0.25) is 0 Å². The lowest BCUT2D eigenvalue weighted by Gasteiger charge is -2.16. The maximum Gasteiger partial charge on any atom is 0.273 e. The molecule has 3 aromatic rings. The lowest BCUT2D eigenvalue weighted by atomic mass is 10.2. The van der Waals surface area contributed by atoms with Crippen LogP contribution in [0, 0.1) is 20.8 Å². The second-order valence-electron chi connectivity index (χ2n) is 7.13. The van der Waals surface area contributed by atoms with Crippen LogP contribution in [0.4, 0.5) is 0 Å². The highest BCUT2D eigenvalue weighted by Gasteiger charge is 2.20. The van der Waals surface area contributed by atoms with Crippen molar-refractivity contribution in [2.24, 2.45) is 0 Å². The maximum atomic E-state index is 12.6. The number of carbonyl (C=O) groups is 1. The molecule has 0 saturated heterocycles. The van der Waals surface area contributed by atoms with E-state index < -0.39 is 0 Å². The average Bonchev–Trinajstić information content (AvgIpc) is 3.18. The first-order valence-electron chi connectivity index (χ1n) is 9.41. The number of aryl methyl sites for hydroxylation is 3. The van der Waals surface area contributed by atoms with Crippen LogP contribution in [-0.2, 0) is 13.1 Å². The van der Waals surface area contributed by atoms with Gasteiger partial charge in [0.05, 0.1) is 12.2 Å². The Morgan fingerprint density at radius 3 is 2.64 bits per heavy atom. The van der Waals surface area contributed by atoms with Crippen LogP contribution in [0.25, 0.3) is 0 Å². The van der Waals surface area contributed by atoms with Crippen molar-refractivity contribution in [3.63, 3.8) is 0 Å². The van der Waals surface area contributed by atoms with Gasteiger partial charge in [-0.2, -0.15) is 5.10 Å². The Hall–Kier alpha value is -2.93. The molecule has 7 nitrogen and oxygen atoms in total. The van der Waals surface area contributed by atoms with Crippen molar-refractivity contribution >= 4 is 5.91 Å². The molecule has 0 bridgehead atoms. The van der Waals surface area contributed by atoms with Crippen molar-refractivity contribution in [3.8, 4) is 0 Å². The van der Waals surface area contributed by atoms with Crippen molar-refractivity contribution in [1.29, 1.82) is 0 Å². The van der Waals surface area contributed by atoms with Crippen LogP contribution in [0.1, 0.15) is 38.8 Å². The van der Waals surface area contributed by atoms with Crippen molar-refractivity contribution in [1.82, 2.24) is 25.2 Å². The van der Waals surface area contributed by atoms with Gasteiger partial charge in [-0.15, -0.1) is 0 Å². The first kappa shape index (κ1) is 19.8. The van der Waals surface area contributed by atoms with E-state index in [0.717, 1.165) is 30.0 Å². The molecule has 7 heteroatoms. The van der Waals surface area contributed by atoms with Gasteiger partial charge < -0.3 is 14.7 Å². The largest absolute Gasteiger partial charge is 0.361 e. The molecular formula is C21H27N5O2. The summed E-state index contributed by atoms with van der Waals surface area (Å²) < 4.78 is 7.14. The number of carbonyl (C=O) groups excluding carboxylic acids is 1. The van der Waals surface area contributed by atoms with E-state index in [4.69, 9.17) is 4.52 Å². The Labute approximate surface area is 165 Å². The minimum atomic E-state index is -0.221. The lowest BCUT2D eigenvalue weighted by molar-refractivity contribution is 0.0939. The summed E-state index contributed by atoms with van der Waals surface area (Å²) in [7, 11) is 2.04. The molecule has 0 radical (unpaired) electrons. The molecule has 148 valence electrons. The zero-order chi connectivity index (χ0) is 20.1. The summed E-state index contributed by atoms with van der Waals surface area (Å²) in [6.07, 6.45) is 0. The standard InChI is InChI=1S/C21H27N5O2/c1-15-12-16(2)26(23-15)14-19-17(3)28-24-20(19)21(27)22-10-11-25(4)13-18-8-6-5-7-9-18/h5-9,12H,10-11,13-14H2,1-4H3,(H,22,27). The summed E-state index contributed by atoms with van der Waals surface area (Å²) in [5.41, 5.74) is 4.32. The summed E-state index contributed by atoms with van der Waals surface area (Å²) in [6.45, 7) is 8.33. The summed E-state index contributed by atoms with van der Waals surface area (Å²) in [4.78, 5) is 14.8. The highest BCUT2D eigenvalue weighted by molar-refractivity contribution is 5.93. The highest BCUT2D eigenvalue weighted by Crippen LogP contribution is 2.16. The normalized spacial score (nSPS) is 11.2. The maximum absolute atomic E-state index is 12.6. The fourth-order valence-electron chi connectivity index (χ4n) is 3.16. The van der Waals surface area contributed by atoms with E-state index in [1.165, 1.54) is 5.56 Å². The fourth-order valence-corrected chi connectivity index (χ4v) is 3.16. The third-order valence-corrected chi connectivity index (χ3v) is 4.69. The van der Waals surface area contributed by atoms with Gasteiger partial charge in [0.1, 0.15) is 5.76 Å². The predicted molar refractivity (Wildman–Crippen MR) is 107 cm³/mol. The second-order valence-corrected chi connectivity index (χ2v) is 7.13. The Balaban J connectivity index is 1.57. The molecule has 1 amide bonds. The molecule has 28 heavy (non-hydrogen) atoms. The molecular weight excluding hydrogens is 354 g/mol. The molecule has 0 aliphatic heterocycles. The van der Waals surface area contributed by atoms with E-state index in [1.54, 1.807) is 0 Å². The van der Waals surface area contributed by atoms with Gasteiger partial charge in [-0.25, -0.2) is 0 Å². The van der Waals surface area contributed by atoms with Gasteiger partial charge in [0, 0.05) is 30.9 Å². The molecule has 3 rings (SSSR count). The summed E-state index contributed by atoms with van der Waals surface area (Å²) >= 11 is 0. The zero-order valence-corrected chi connectivity index (χ0v) is 16.9. The Kier molecular flexibility index (Phi) is 6.26. The highest BCUT2D eigenvalue weighted by atomic mass is 16.5. The summed E-state index contributed by atoms with van der Waals surface area (Å²) in [6, 6.07) is 12.3. The van der Waals surface area contributed by atoms with E-state index in [-0.39, 0.29) is 5.91 Å². The molecule has 2 heterocycles. The van der Waals surface area contributed by atoms with Crippen LogP contribution < -0.4 is 5.32 Å². The number of benzene rings is 1. The third-order valence-electron chi connectivity index (χ3n) is 4.69. The molecule has 1 aromatic carbocycles. The number of hydrogen-bond donors (Lipinski definition) is 1. The molecule has 0 spiro atoms. The first-order valence-corrected chi connectivity index (χ1v) is 9.41. The summed E-state index contributed by atoms with van der Waals surface area (Å²) in [5.74, 6) is 0.417. The molecule has 0 aliphatic carbocycles. The van der Waals surface area contributed by atoms with Crippen LogP contribution in [0.3, 0.4) is 0 Å². The number of aromatic nitrogens is 3. The molecule has 0 unspecified atom stereocenters. The SMILES string of the molecule is Cc1cc(C)n(Cc2c(C(=O)NCCN(C)Cc3ccccc3)noc2C)n1. The van der Waals surface area contributed by atoms with Gasteiger partial charge >= 0.3 is 0 Å². The molecule has 2 aromatic heterocycles. The molecule has 0 saturated carbocycles. The monoisotopic (exact) mass is 381 g/mol. The van der Waals surface area contributed by atoms with Gasteiger partial charge in [0.25, 0.3) is 5.91 Å². The van der Waals surface area contributed by atoms with E-state index in [9.17, 15) is 4.79 Å². The number of likely N-dealkylation sites (N-methyl/N-ethyl adjacent to an activating group) is 1. The van der Waals surface area contributed by atoms with E-state index >= 15 is 0 Å². The minimum Gasteiger partial charge on any atom is -0.361 e.